The first-order chi connectivity index (χ1) is 2.77. The van der Waals surface area contributed by atoms with Crippen molar-refractivity contribution in [3.8, 4) is 0 Å². The highest BCUT2D eigenvalue weighted by Gasteiger charge is 1.88. The monoisotopic (exact) mass is 91.1 g/mol. The van der Waals surface area contributed by atoms with Gasteiger partial charge >= 0.3 is 0 Å². The molecule has 0 saturated heterocycles. The van der Waals surface area contributed by atoms with E-state index in [1.165, 1.54) is 0 Å². The smallest absolute Gasteiger partial charge is 0.0935 e. The quantitative estimate of drug-likeness (QED) is 0.440. The molecule has 0 bridgehead atoms. The number of hydrogen-bond acceptors (Lipinski definition) is 3. The lowest BCUT2D eigenvalue weighted by molar-refractivity contribution is 0.0463. The Morgan fingerprint density at radius 1 is 2.00 bits per heavy atom. The predicted octanol–water partition coefficient (Wildman–Crippen LogP) is -0.743. The molecule has 0 aromatic heterocycles. The summed E-state index contributed by atoms with van der Waals surface area (Å²) in [6.07, 6.45) is -0.449. The minimum Gasteiger partial charge on any atom is -0.391 e. The third-order valence-corrected chi connectivity index (χ3v) is 0.337. The molecule has 3 N–H and O–H groups in total. The number of aliphatic hydroxyl groups is 1. The van der Waals surface area contributed by atoms with Gasteiger partial charge in [0.15, 0.2) is 0 Å². The van der Waals surface area contributed by atoms with Crippen LogP contribution in [-0.4, -0.2) is 17.8 Å². The second kappa shape index (κ2) is 3.08. The molecule has 1 unspecified atom stereocenters. The third kappa shape index (κ3) is 3.88. The van der Waals surface area contributed by atoms with Crippen LogP contribution < -0.4 is 5.90 Å². The lowest BCUT2D eigenvalue weighted by atomic mass is 10.5. The van der Waals surface area contributed by atoms with Gasteiger partial charge < -0.3 is 9.94 Å². The summed E-state index contributed by atoms with van der Waals surface area (Å²) in [6.45, 7) is 1.81. The average Bonchev–Trinajstić information content (AvgIpc) is 1.35. The molecule has 0 aromatic carbocycles. The predicted molar refractivity (Wildman–Crippen MR) is 21.8 cm³/mol. The van der Waals surface area contributed by atoms with E-state index in [-0.39, 0.29) is 6.61 Å². The molecular formula is C3H9NO2. The van der Waals surface area contributed by atoms with Crippen molar-refractivity contribution in [2.75, 3.05) is 6.61 Å². The molecule has 0 aliphatic rings. The van der Waals surface area contributed by atoms with Crippen LogP contribution in [0, 0.1) is 0 Å². The van der Waals surface area contributed by atoms with E-state index in [9.17, 15) is 0 Å². The van der Waals surface area contributed by atoms with E-state index >= 15 is 0 Å². The van der Waals surface area contributed by atoms with Crippen LogP contribution in [0.25, 0.3) is 0 Å². The summed E-state index contributed by atoms with van der Waals surface area (Å²) in [5, 5.41) is 8.35. The first-order valence-electron chi connectivity index (χ1n) is 1.77. The first kappa shape index (κ1) is 5.88. The van der Waals surface area contributed by atoms with Gasteiger partial charge in [-0.3, -0.25) is 0 Å². The molecule has 0 aliphatic carbocycles. The van der Waals surface area contributed by atoms with E-state index in [0.29, 0.717) is 0 Å². The molecule has 0 saturated carbocycles. The third-order valence-electron chi connectivity index (χ3n) is 0.337. The van der Waals surface area contributed by atoms with Crippen LogP contribution in [0.15, 0.2) is 0 Å². The number of hydrogen-bond donors (Lipinski definition) is 2. The van der Waals surface area contributed by atoms with E-state index < -0.39 is 6.10 Å². The zero-order chi connectivity index (χ0) is 4.99. The Balaban J connectivity index is 2.63. The van der Waals surface area contributed by atoms with E-state index in [1.54, 1.807) is 6.92 Å². The summed E-state index contributed by atoms with van der Waals surface area (Å²) in [5.74, 6) is 4.57. The molecule has 0 rings (SSSR count). The summed E-state index contributed by atoms with van der Waals surface area (Å²) in [6, 6.07) is 0. The van der Waals surface area contributed by atoms with Crippen LogP contribution in [0.2, 0.25) is 0 Å². The van der Waals surface area contributed by atoms with Crippen LogP contribution >= 0.6 is 0 Å². The highest BCUT2D eigenvalue weighted by molar-refractivity contribution is 4.36. The van der Waals surface area contributed by atoms with Crippen molar-refractivity contribution in [1.29, 1.82) is 0 Å². The van der Waals surface area contributed by atoms with Crippen molar-refractivity contribution in [3.05, 3.63) is 0 Å². The Labute approximate surface area is 36.7 Å². The van der Waals surface area contributed by atoms with Gasteiger partial charge in [0.05, 0.1) is 12.7 Å². The minimum atomic E-state index is -0.449. The Hall–Kier alpha value is -0.120. The molecule has 0 heterocycles. The molecule has 0 amide bonds. The number of nitrogens with two attached hydrogens (primary N) is 1. The molecule has 0 fully saturated rings. The second-order valence-electron chi connectivity index (χ2n) is 1.18. The van der Waals surface area contributed by atoms with E-state index in [1.807, 2.05) is 0 Å². The molecule has 1 atom stereocenters. The van der Waals surface area contributed by atoms with Crippen molar-refractivity contribution in [2.45, 2.75) is 13.0 Å². The fourth-order valence-corrected chi connectivity index (χ4v) is 0.139. The topological polar surface area (TPSA) is 55.5 Å². The van der Waals surface area contributed by atoms with Gasteiger partial charge in [-0.05, 0) is 6.92 Å². The maximum Gasteiger partial charge on any atom is 0.0935 e. The van der Waals surface area contributed by atoms with Crippen LogP contribution in [0.5, 0.6) is 0 Å². The molecule has 3 nitrogen and oxygen atoms in total. The van der Waals surface area contributed by atoms with Crippen molar-refractivity contribution >= 4 is 0 Å². The molecule has 6 heavy (non-hydrogen) atoms. The van der Waals surface area contributed by atoms with Crippen LogP contribution in [0.1, 0.15) is 6.92 Å². The Morgan fingerprint density at radius 2 is 2.50 bits per heavy atom. The highest BCUT2D eigenvalue weighted by Crippen LogP contribution is 1.73. The molecule has 0 radical (unpaired) electrons. The summed E-state index contributed by atoms with van der Waals surface area (Å²) in [7, 11) is 0. The Bertz CT molecular complexity index is 30.0. The van der Waals surface area contributed by atoms with Gasteiger partial charge in [0, 0.05) is 0 Å². The van der Waals surface area contributed by atoms with Crippen molar-refractivity contribution < 1.29 is 9.94 Å². The molecule has 0 aliphatic heterocycles. The van der Waals surface area contributed by atoms with Gasteiger partial charge in [-0.15, -0.1) is 0 Å². The van der Waals surface area contributed by atoms with Gasteiger partial charge in [-0.25, -0.2) is 5.90 Å². The zero-order valence-corrected chi connectivity index (χ0v) is 3.72. The van der Waals surface area contributed by atoms with Crippen molar-refractivity contribution in [1.82, 2.24) is 0 Å². The SMILES string of the molecule is CC(O)CON. The minimum absolute atomic E-state index is 0.208. The van der Waals surface area contributed by atoms with Crippen molar-refractivity contribution in [2.24, 2.45) is 5.90 Å². The number of aliphatic hydroxyl groups excluding tert-OH is 1. The summed E-state index contributed by atoms with van der Waals surface area (Å²) >= 11 is 0. The maximum absolute atomic E-state index is 8.35. The fourth-order valence-electron chi connectivity index (χ4n) is 0.139. The number of rotatable bonds is 2. The lowest BCUT2D eigenvalue weighted by Gasteiger charge is -1.96. The Kier molecular flexibility index (Phi) is 3.02. The zero-order valence-electron chi connectivity index (χ0n) is 3.72. The standard InChI is InChI=1S/C3H9NO2/c1-3(5)2-6-4/h3,5H,2,4H2,1H3. The summed E-state index contributed by atoms with van der Waals surface area (Å²) in [5.41, 5.74) is 0. The molecule has 0 aromatic rings. The average molecular weight is 91.1 g/mol. The first-order valence-corrected chi connectivity index (χ1v) is 1.77. The van der Waals surface area contributed by atoms with Gasteiger partial charge in [0.2, 0.25) is 0 Å². The second-order valence-corrected chi connectivity index (χ2v) is 1.18. The Morgan fingerprint density at radius 3 is 2.50 bits per heavy atom. The summed E-state index contributed by atoms with van der Waals surface area (Å²) < 4.78 is 0. The molecule has 3 heteroatoms. The maximum atomic E-state index is 8.35. The lowest BCUT2D eigenvalue weighted by Crippen LogP contribution is -2.13. The fraction of sp³-hybridized carbons (Fsp3) is 1.00. The van der Waals surface area contributed by atoms with Gasteiger partial charge in [-0.1, -0.05) is 0 Å². The highest BCUT2D eigenvalue weighted by atomic mass is 16.6. The molecular weight excluding hydrogens is 82.0 g/mol. The molecule has 0 spiro atoms. The normalized spacial score (nSPS) is 14.5. The van der Waals surface area contributed by atoms with E-state index in [4.69, 9.17) is 5.11 Å². The van der Waals surface area contributed by atoms with Gasteiger partial charge in [0.1, 0.15) is 0 Å². The van der Waals surface area contributed by atoms with Crippen LogP contribution in [0.3, 0.4) is 0 Å². The largest absolute Gasteiger partial charge is 0.391 e. The van der Waals surface area contributed by atoms with Gasteiger partial charge in [0.25, 0.3) is 0 Å². The van der Waals surface area contributed by atoms with E-state index in [0.717, 1.165) is 0 Å². The van der Waals surface area contributed by atoms with Crippen LogP contribution in [0.4, 0.5) is 0 Å². The molecule has 38 valence electrons. The van der Waals surface area contributed by atoms with E-state index in [2.05, 4.69) is 10.7 Å². The summed E-state index contributed by atoms with van der Waals surface area (Å²) in [4.78, 5) is 4.05. The van der Waals surface area contributed by atoms with Crippen molar-refractivity contribution in [3.63, 3.8) is 0 Å². The van der Waals surface area contributed by atoms with Gasteiger partial charge in [-0.2, -0.15) is 0 Å². The van der Waals surface area contributed by atoms with Crippen LogP contribution in [-0.2, 0) is 4.84 Å².